The van der Waals surface area contributed by atoms with Gasteiger partial charge in [-0.2, -0.15) is 26.3 Å². The van der Waals surface area contributed by atoms with Crippen LogP contribution in [0.3, 0.4) is 0 Å². The van der Waals surface area contributed by atoms with E-state index < -0.39 is 23.5 Å². The van der Waals surface area contributed by atoms with E-state index in [-0.39, 0.29) is 5.91 Å². The van der Waals surface area contributed by atoms with Crippen molar-refractivity contribution in [3.05, 3.63) is 54.1 Å². The van der Waals surface area contributed by atoms with Crippen LogP contribution in [0.1, 0.15) is 12.5 Å². The SMILES string of the molecule is CC(=O)Nc1cccc(-c2ccc(C(O)(C(F)(F)F)C(F)(F)F)cc2)c1. The molecule has 0 saturated carbocycles. The molecule has 0 aliphatic carbocycles. The maximum absolute atomic E-state index is 12.9. The molecule has 140 valence electrons. The third-order valence-electron chi connectivity index (χ3n) is 3.64. The molecule has 1 amide bonds. The van der Waals surface area contributed by atoms with Crippen molar-refractivity contribution in [1.82, 2.24) is 0 Å². The summed E-state index contributed by atoms with van der Waals surface area (Å²) in [5.41, 5.74) is -5.10. The minimum absolute atomic E-state index is 0.313. The largest absolute Gasteiger partial charge is 0.430 e. The van der Waals surface area contributed by atoms with Crippen LogP contribution < -0.4 is 5.32 Å². The Hall–Kier alpha value is -2.55. The van der Waals surface area contributed by atoms with Gasteiger partial charge in [0.2, 0.25) is 5.91 Å². The van der Waals surface area contributed by atoms with E-state index in [1.165, 1.54) is 13.0 Å². The summed E-state index contributed by atoms with van der Waals surface area (Å²) in [6, 6.07) is 9.43. The van der Waals surface area contributed by atoms with Crippen LogP contribution in [0.5, 0.6) is 0 Å². The average molecular weight is 377 g/mol. The van der Waals surface area contributed by atoms with Crippen molar-refractivity contribution < 1.29 is 36.2 Å². The van der Waals surface area contributed by atoms with Crippen molar-refractivity contribution in [2.24, 2.45) is 0 Å². The van der Waals surface area contributed by atoms with Crippen LogP contribution >= 0.6 is 0 Å². The van der Waals surface area contributed by atoms with Gasteiger partial charge in [-0.25, -0.2) is 0 Å². The molecule has 3 nitrogen and oxygen atoms in total. The molecule has 0 bridgehead atoms. The number of halogens is 6. The highest BCUT2D eigenvalue weighted by Crippen LogP contribution is 2.50. The number of anilines is 1. The Balaban J connectivity index is 2.43. The van der Waals surface area contributed by atoms with Gasteiger partial charge in [0.15, 0.2) is 0 Å². The Morgan fingerprint density at radius 1 is 0.885 bits per heavy atom. The monoisotopic (exact) mass is 377 g/mol. The van der Waals surface area contributed by atoms with Crippen molar-refractivity contribution >= 4 is 11.6 Å². The Morgan fingerprint density at radius 2 is 1.42 bits per heavy atom. The molecule has 0 spiro atoms. The number of rotatable bonds is 3. The van der Waals surface area contributed by atoms with E-state index in [0.717, 1.165) is 12.1 Å². The molecule has 2 aromatic rings. The van der Waals surface area contributed by atoms with Gasteiger partial charge in [-0.1, -0.05) is 36.4 Å². The minimum atomic E-state index is -5.93. The zero-order chi connectivity index (χ0) is 19.8. The van der Waals surface area contributed by atoms with Gasteiger partial charge in [0.1, 0.15) is 0 Å². The average Bonchev–Trinajstić information content (AvgIpc) is 2.52. The molecule has 0 atom stereocenters. The number of alkyl halides is 6. The van der Waals surface area contributed by atoms with Crippen molar-refractivity contribution in [2.75, 3.05) is 5.32 Å². The standard InChI is InChI=1S/C17H13F6NO2/c1-10(25)24-14-4-2-3-12(9-14)11-5-7-13(8-6-11)15(26,16(18,19)20)17(21,22)23/h2-9,26H,1H3,(H,24,25). The number of amides is 1. The number of carbonyl (C=O) groups excluding carboxylic acids is 1. The predicted octanol–water partition coefficient (Wildman–Crippen LogP) is 4.62. The molecule has 0 saturated heterocycles. The fraction of sp³-hybridized carbons (Fsp3) is 0.235. The second-order valence-electron chi connectivity index (χ2n) is 5.55. The van der Waals surface area contributed by atoms with Crippen molar-refractivity contribution in [3.63, 3.8) is 0 Å². The summed E-state index contributed by atoms with van der Waals surface area (Å²) in [5, 5.41) is 11.9. The van der Waals surface area contributed by atoms with Crippen LogP contribution in [0.2, 0.25) is 0 Å². The predicted molar refractivity (Wildman–Crippen MR) is 82.2 cm³/mol. The lowest BCUT2D eigenvalue weighted by atomic mass is 9.90. The van der Waals surface area contributed by atoms with Crippen molar-refractivity contribution in [2.45, 2.75) is 24.9 Å². The molecule has 2 rings (SSSR count). The second-order valence-corrected chi connectivity index (χ2v) is 5.55. The Bertz CT molecular complexity index is 782. The van der Waals surface area contributed by atoms with Gasteiger partial charge in [-0.15, -0.1) is 0 Å². The molecule has 26 heavy (non-hydrogen) atoms. The Kier molecular flexibility index (Phi) is 5.05. The zero-order valence-electron chi connectivity index (χ0n) is 13.2. The van der Waals surface area contributed by atoms with Crippen LogP contribution in [0, 0.1) is 0 Å². The summed E-state index contributed by atoms with van der Waals surface area (Å²) in [7, 11) is 0. The number of nitrogens with one attached hydrogen (secondary N) is 1. The van der Waals surface area contributed by atoms with Gasteiger partial charge < -0.3 is 10.4 Å². The molecule has 0 heterocycles. The maximum atomic E-state index is 12.9. The molecule has 0 aromatic heterocycles. The fourth-order valence-electron chi connectivity index (χ4n) is 2.37. The lowest BCUT2D eigenvalue weighted by Crippen LogP contribution is -2.53. The number of aliphatic hydroxyl groups is 1. The number of benzene rings is 2. The van der Waals surface area contributed by atoms with Gasteiger partial charge in [0, 0.05) is 18.2 Å². The van der Waals surface area contributed by atoms with Crippen LogP contribution in [-0.4, -0.2) is 23.4 Å². The third-order valence-corrected chi connectivity index (χ3v) is 3.64. The summed E-state index contributed by atoms with van der Waals surface area (Å²) in [5.74, 6) is -0.335. The van der Waals surface area contributed by atoms with E-state index in [9.17, 15) is 36.2 Å². The quantitative estimate of drug-likeness (QED) is 0.767. The van der Waals surface area contributed by atoms with E-state index in [2.05, 4.69) is 5.32 Å². The first-order valence-corrected chi connectivity index (χ1v) is 7.20. The lowest BCUT2D eigenvalue weighted by Gasteiger charge is -2.32. The molecule has 0 fully saturated rings. The van der Waals surface area contributed by atoms with Crippen molar-refractivity contribution in [1.29, 1.82) is 0 Å². The van der Waals surface area contributed by atoms with Gasteiger partial charge >= 0.3 is 12.4 Å². The molecular formula is C17H13F6NO2. The Morgan fingerprint density at radius 3 is 1.88 bits per heavy atom. The van der Waals surface area contributed by atoms with Gasteiger partial charge in [-0.3, -0.25) is 4.79 Å². The van der Waals surface area contributed by atoms with E-state index in [1.54, 1.807) is 18.2 Å². The first kappa shape index (κ1) is 19.8. The van der Waals surface area contributed by atoms with Crippen LogP contribution in [0.15, 0.2) is 48.5 Å². The summed E-state index contributed by atoms with van der Waals surface area (Å²) in [6.45, 7) is 1.29. The zero-order valence-corrected chi connectivity index (χ0v) is 13.2. The van der Waals surface area contributed by atoms with Crippen LogP contribution in [0.4, 0.5) is 32.0 Å². The van der Waals surface area contributed by atoms with Gasteiger partial charge in [-0.05, 0) is 23.3 Å². The molecule has 2 N–H and O–H groups in total. The maximum Gasteiger partial charge on any atom is 0.430 e. The summed E-state index contributed by atoms with van der Waals surface area (Å²) < 4.78 is 77.2. The van der Waals surface area contributed by atoms with Crippen LogP contribution in [0.25, 0.3) is 11.1 Å². The summed E-state index contributed by atoms with van der Waals surface area (Å²) >= 11 is 0. The van der Waals surface area contributed by atoms with E-state index in [4.69, 9.17) is 0 Å². The fourth-order valence-corrected chi connectivity index (χ4v) is 2.37. The minimum Gasteiger partial charge on any atom is -0.369 e. The number of hydrogen-bond acceptors (Lipinski definition) is 2. The lowest BCUT2D eigenvalue weighted by molar-refractivity contribution is -0.376. The van der Waals surface area contributed by atoms with Gasteiger partial charge in [0.25, 0.3) is 5.60 Å². The molecule has 2 aromatic carbocycles. The molecule has 0 aliphatic heterocycles. The van der Waals surface area contributed by atoms with E-state index >= 15 is 0 Å². The smallest absolute Gasteiger partial charge is 0.369 e. The highest BCUT2D eigenvalue weighted by molar-refractivity contribution is 5.89. The molecular weight excluding hydrogens is 364 g/mol. The first-order chi connectivity index (χ1) is 11.9. The highest BCUT2D eigenvalue weighted by Gasteiger charge is 2.71. The van der Waals surface area contributed by atoms with Crippen molar-refractivity contribution in [3.8, 4) is 11.1 Å². The summed E-state index contributed by atoms with van der Waals surface area (Å²) in [6.07, 6.45) is -11.9. The second kappa shape index (κ2) is 6.64. The van der Waals surface area contributed by atoms with Crippen LogP contribution in [-0.2, 0) is 10.4 Å². The number of hydrogen-bond donors (Lipinski definition) is 2. The first-order valence-electron chi connectivity index (χ1n) is 7.20. The molecule has 0 aliphatic rings. The number of carbonyl (C=O) groups is 1. The topological polar surface area (TPSA) is 49.3 Å². The molecule has 9 heteroatoms. The van der Waals surface area contributed by atoms with E-state index in [1.807, 2.05) is 0 Å². The third kappa shape index (κ3) is 3.67. The highest BCUT2D eigenvalue weighted by atomic mass is 19.4. The molecule has 0 unspecified atom stereocenters. The summed E-state index contributed by atoms with van der Waals surface area (Å²) in [4.78, 5) is 11.1. The molecule has 0 radical (unpaired) electrons. The van der Waals surface area contributed by atoms with E-state index in [0.29, 0.717) is 28.9 Å². The Labute approximate surface area is 144 Å². The van der Waals surface area contributed by atoms with Gasteiger partial charge in [0.05, 0.1) is 0 Å². The normalized spacial score (nSPS) is 12.8.